The van der Waals surface area contributed by atoms with Crippen molar-refractivity contribution in [1.29, 1.82) is 0 Å². The Morgan fingerprint density at radius 1 is 1.37 bits per heavy atom. The zero-order valence-electron chi connectivity index (χ0n) is 16.1. The third kappa shape index (κ3) is 3.06. The molecule has 1 aromatic carbocycles. The predicted octanol–water partition coefficient (Wildman–Crippen LogP) is 2.49. The number of carboxylic acid groups (broad SMARTS) is 1. The van der Waals surface area contributed by atoms with Crippen molar-refractivity contribution in [2.45, 2.75) is 45.3 Å². The van der Waals surface area contributed by atoms with Gasteiger partial charge >= 0.3 is 5.97 Å². The maximum atomic E-state index is 12.7. The molecule has 0 aliphatic heterocycles. The molecule has 2 atom stereocenters. The summed E-state index contributed by atoms with van der Waals surface area (Å²) in [6, 6.07) is 5.59. The zero-order chi connectivity index (χ0) is 19.8. The first-order chi connectivity index (χ1) is 12.7. The Hall–Kier alpha value is -2.54. The van der Waals surface area contributed by atoms with E-state index >= 15 is 0 Å². The van der Waals surface area contributed by atoms with Crippen molar-refractivity contribution in [2.24, 2.45) is 5.41 Å². The highest BCUT2D eigenvalue weighted by Crippen LogP contribution is 2.51. The van der Waals surface area contributed by atoms with Crippen LogP contribution in [0.1, 0.15) is 32.8 Å². The predicted molar refractivity (Wildman–Crippen MR) is 101 cm³/mol. The summed E-state index contributed by atoms with van der Waals surface area (Å²) in [5, 5.41) is 13.5. The van der Waals surface area contributed by atoms with Crippen molar-refractivity contribution < 1.29 is 24.2 Å². The number of hydrogen-bond acceptors (Lipinski definition) is 4. The molecule has 0 bridgehead atoms. The monoisotopic (exact) mass is 374 g/mol. The van der Waals surface area contributed by atoms with E-state index in [0.717, 1.165) is 16.5 Å². The number of benzene rings is 1. The van der Waals surface area contributed by atoms with Gasteiger partial charge in [-0.05, 0) is 30.7 Å². The molecule has 0 saturated heterocycles. The highest BCUT2D eigenvalue weighted by atomic mass is 16.5. The lowest BCUT2D eigenvalue weighted by atomic mass is 9.54. The smallest absolute Gasteiger partial charge is 0.330 e. The molecule has 0 spiro atoms. The summed E-state index contributed by atoms with van der Waals surface area (Å²) in [4.78, 5) is 27.8. The number of nitrogens with one attached hydrogen (secondary N) is 2. The summed E-state index contributed by atoms with van der Waals surface area (Å²) >= 11 is 0. The minimum atomic E-state index is -1.33. The Labute approximate surface area is 158 Å². The first-order valence-corrected chi connectivity index (χ1v) is 9.05. The fourth-order valence-electron chi connectivity index (χ4n) is 3.92. The minimum Gasteiger partial charge on any atom is -0.497 e. The van der Waals surface area contributed by atoms with E-state index < -0.39 is 16.9 Å². The van der Waals surface area contributed by atoms with Gasteiger partial charge < -0.3 is 24.9 Å². The number of carboxylic acids is 1. The van der Waals surface area contributed by atoms with Crippen molar-refractivity contribution in [3.05, 3.63) is 30.0 Å². The molecule has 1 aliphatic rings. The highest BCUT2D eigenvalue weighted by Gasteiger charge is 2.66. The summed E-state index contributed by atoms with van der Waals surface area (Å²) in [6.45, 7) is 6.03. The largest absolute Gasteiger partial charge is 0.497 e. The number of carbonyl (C=O) groups excluding carboxylic acids is 1. The number of aliphatic carboxylic acids is 1. The van der Waals surface area contributed by atoms with Gasteiger partial charge in [-0.3, -0.25) is 4.79 Å². The number of aromatic nitrogens is 1. The van der Waals surface area contributed by atoms with Gasteiger partial charge in [0.25, 0.3) is 0 Å². The minimum absolute atomic E-state index is 0.0809. The first-order valence-electron chi connectivity index (χ1n) is 9.05. The molecule has 0 radical (unpaired) electrons. The quantitative estimate of drug-likeness (QED) is 0.691. The lowest BCUT2D eigenvalue weighted by Gasteiger charge is -2.58. The van der Waals surface area contributed by atoms with Crippen LogP contribution >= 0.6 is 0 Å². The van der Waals surface area contributed by atoms with Crippen LogP contribution < -0.4 is 10.1 Å². The fourth-order valence-corrected chi connectivity index (χ4v) is 3.92. The van der Waals surface area contributed by atoms with Crippen LogP contribution in [0.2, 0.25) is 0 Å². The second kappa shape index (κ2) is 6.88. The molecule has 1 fully saturated rings. The average molecular weight is 374 g/mol. The number of hydrogen-bond donors (Lipinski definition) is 3. The Balaban J connectivity index is 1.80. The maximum absolute atomic E-state index is 12.7. The Morgan fingerprint density at radius 2 is 2.11 bits per heavy atom. The molecule has 7 heteroatoms. The van der Waals surface area contributed by atoms with Gasteiger partial charge in [0.2, 0.25) is 5.91 Å². The van der Waals surface area contributed by atoms with Gasteiger partial charge in [-0.15, -0.1) is 0 Å². The molecular weight excluding hydrogens is 348 g/mol. The van der Waals surface area contributed by atoms with Crippen molar-refractivity contribution >= 4 is 22.8 Å². The van der Waals surface area contributed by atoms with E-state index in [1.807, 2.05) is 39.0 Å². The molecule has 1 amide bonds. The van der Waals surface area contributed by atoms with Crippen molar-refractivity contribution in [2.75, 3.05) is 13.7 Å². The van der Waals surface area contributed by atoms with Crippen LogP contribution in [0.3, 0.4) is 0 Å². The zero-order valence-corrected chi connectivity index (χ0v) is 16.1. The summed E-state index contributed by atoms with van der Waals surface area (Å²) < 4.78 is 10.9. The standard InChI is InChI=1S/C20H26N2O5/c1-5-27-16-10-20(18(24)25,19(16,2)3)22-17(23)8-12-11-21-15-7-6-13(26-4)9-14(12)15/h6-7,9,11,16,21H,5,8,10H2,1-4H3,(H,22,23)(H,24,25). The number of carbonyl (C=O) groups is 2. The third-order valence-electron chi connectivity index (χ3n) is 5.81. The van der Waals surface area contributed by atoms with E-state index in [-0.39, 0.29) is 24.9 Å². The fraction of sp³-hybridized carbons (Fsp3) is 0.500. The van der Waals surface area contributed by atoms with Crippen molar-refractivity contribution in [3.8, 4) is 5.75 Å². The average Bonchev–Trinajstić information content (AvgIpc) is 3.02. The second-order valence-corrected chi connectivity index (χ2v) is 7.53. The molecule has 2 unspecified atom stereocenters. The molecule has 1 saturated carbocycles. The Bertz CT molecular complexity index is 872. The lowest BCUT2D eigenvalue weighted by Crippen LogP contribution is -2.76. The Kier molecular flexibility index (Phi) is 4.90. The highest BCUT2D eigenvalue weighted by molar-refractivity contribution is 5.93. The number of H-pyrrole nitrogens is 1. The van der Waals surface area contributed by atoms with Crippen LogP contribution in [0.5, 0.6) is 5.75 Å². The van der Waals surface area contributed by atoms with Gasteiger partial charge in [0.1, 0.15) is 11.3 Å². The second-order valence-electron chi connectivity index (χ2n) is 7.53. The number of fused-ring (bicyclic) bond motifs is 1. The number of aromatic amines is 1. The van der Waals surface area contributed by atoms with E-state index in [2.05, 4.69) is 10.3 Å². The molecular formula is C20H26N2O5. The number of methoxy groups -OCH3 is 1. The van der Waals surface area contributed by atoms with Gasteiger partial charge in [0.05, 0.1) is 19.6 Å². The molecule has 3 rings (SSSR count). The molecule has 1 heterocycles. The molecule has 27 heavy (non-hydrogen) atoms. The van der Waals surface area contributed by atoms with Gasteiger partial charge in [-0.2, -0.15) is 0 Å². The molecule has 3 N–H and O–H groups in total. The van der Waals surface area contributed by atoms with E-state index in [0.29, 0.717) is 12.4 Å². The van der Waals surface area contributed by atoms with Crippen LogP contribution in [0.15, 0.2) is 24.4 Å². The summed E-state index contributed by atoms with van der Waals surface area (Å²) in [5.41, 5.74) is -0.339. The molecule has 2 aromatic rings. The summed E-state index contributed by atoms with van der Waals surface area (Å²) in [6.07, 6.45) is 1.91. The summed E-state index contributed by atoms with van der Waals surface area (Å²) in [5.74, 6) is -0.660. The molecule has 1 aliphatic carbocycles. The van der Waals surface area contributed by atoms with Crippen molar-refractivity contribution in [3.63, 3.8) is 0 Å². The van der Waals surface area contributed by atoms with Crippen LogP contribution in [-0.2, 0) is 20.7 Å². The number of amides is 1. The third-order valence-corrected chi connectivity index (χ3v) is 5.81. The molecule has 7 nitrogen and oxygen atoms in total. The van der Waals surface area contributed by atoms with E-state index in [9.17, 15) is 14.7 Å². The SMILES string of the molecule is CCOC1CC(NC(=O)Cc2c[nH]c3ccc(OC)cc23)(C(=O)O)C1(C)C. The van der Waals surface area contributed by atoms with Gasteiger partial charge in [-0.25, -0.2) is 4.79 Å². The van der Waals surface area contributed by atoms with E-state index in [1.54, 1.807) is 13.3 Å². The van der Waals surface area contributed by atoms with Gasteiger partial charge in [0, 0.05) is 35.5 Å². The summed E-state index contributed by atoms with van der Waals surface area (Å²) in [7, 11) is 1.59. The van der Waals surface area contributed by atoms with Gasteiger partial charge in [-0.1, -0.05) is 13.8 Å². The van der Waals surface area contributed by atoms with Crippen molar-refractivity contribution in [1.82, 2.24) is 10.3 Å². The Morgan fingerprint density at radius 3 is 2.70 bits per heavy atom. The molecule has 1 aromatic heterocycles. The van der Waals surface area contributed by atoms with Crippen LogP contribution in [0.25, 0.3) is 10.9 Å². The normalized spacial score (nSPS) is 23.6. The van der Waals surface area contributed by atoms with E-state index in [1.165, 1.54) is 0 Å². The lowest BCUT2D eigenvalue weighted by molar-refractivity contribution is -0.194. The maximum Gasteiger partial charge on any atom is 0.330 e. The van der Waals surface area contributed by atoms with Crippen LogP contribution in [0.4, 0.5) is 0 Å². The van der Waals surface area contributed by atoms with Crippen LogP contribution in [-0.4, -0.2) is 47.3 Å². The first kappa shape index (κ1) is 19.2. The van der Waals surface area contributed by atoms with Gasteiger partial charge in [0.15, 0.2) is 0 Å². The molecule has 146 valence electrons. The topological polar surface area (TPSA) is 101 Å². The van der Waals surface area contributed by atoms with E-state index in [4.69, 9.17) is 9.47 Å². The number of rotatable bonds is 7. The van der Waals surface area contributed by atoms with Crippen LogP contribution in [0, 0.1) is 5.41 Å². The number of ether oxygens (including phenoxy) is 2.